The maximum absolute atomic E-state index is 13.9. The third-order valence-corrected chi connectivity index (χ3v) is 11.9. The molecule has 2 aliphatic rings. The predicted octanol–water partition coefficient (Wildman–Crippen LogP) is 6.01. The van der Waals surface area contributed by atoms with Crippen molar-refractivity contribution in [3.05, 3.63) is 40.8 Å². The van der Waals surface area contributed by atoms with Gasteiger partial charge in [-0.2, -0.15) is 4.98 Å². The number of alkyl halides is 2. The van der Waals surface area contributed by atoms with Gasteiger partial charge in [0.15, 0.2) is 5.82 Å². The number of ether oxygens (including phenoxy) is 1. The van der Waals surface area contributed by atoms with E-state index in [1.807, 2.05) is 6.07 Å². The van der Waals surface area contributed by atoms with Gasteiger partial charge < -0.3 is 29.7 Å². The standard InChI is InChI=1S/C31H39BrF2N9O2PS/c1-41-11-13-42(14-12-41)20-5-9-43(10-6-20)23-17-24(45-2)22(15-19(23)16-25(33)34)38-31-37-18-21(32)28(40-31)39-30-27(46(3,4)44)26-29(47-30)36-8-7-35-26/h7-8,15,17-18,20,25H,5-6,9-14,16H2,1-4H3,(H2,37,38,39,40). The Hall–Kier alpha value is -2.97. The van der Waals surface area contributed by atoms with Gasteiger partial charge in [0.1, 0.15) is 28.2 Å². The van der Waals surface area contributed by atoms with Crippen molar-refractivity contribution < 1.29 is 18.1 Å². The van der Waals surface area contributed by atoms with E-state index >= 15 is 0 Å². The normalized spacial score (nSPS) is 17.1. The first-order chi connectivity index (χ1) is 22.5. The van der Waals surface area contributed by atoms with E-state index in [2.05, 4.69) is 68.2 Å². The summed E-state index contributed by atoms with van der Waals surface area (Å²) in [6.45, 7) is 9.26. The molecule has 47 heavy (non-hydrogen) atoms. The fourth-order valence-electron chi connectivity index (χ4n) is 6.31. The molecule has 0 unspecified atom stereocenters. The van der Waals surface area contributed by atoms with Gasteiger partial charge in [0.2, 0.25) is 12.4 Å². The Bertz CT molecular complexity index is 1780. The van der Waals surface area contributed by atoms with E-state index in [-0.39, 0.29) is 12.4 Å². The molecule has 252 valence electrons. The molecule has 2 fully saturated rings. The quantitative estimate of drug-likeness (QED) is 0.186. The molecule has 4 aromatic rings. The number of thiophene rings is 1. The van der Waals surface area contributed by atoms with E-state index < -0.39 is 13.6 Å². The van der Waals surface area contributed by atoms with Crippen molar-refractivity contribution in [3.63, 3.8) is 0 Å². The van der Waals surface area contributed by atoms with Gasteiger partial charge in [-0.1, -0.05) is 11.3 Å². The summed E-state index contributed by atoms with van der Waals surface area (Å²) >= 11 is 4.86. The Morgan fingerprint density at radius 2 is 1.79 bits per heavy atom. The van der Waals surface area contributed by atoms with Crippen LogP contribution in [0.1, 0.15) is 18.4 Å². The fourth-order valence-corrected chi connectivity index (χ4v) is 9.59. The van der Waals surface area contributed by atoms with Crippen LogP contribution in [0.25, 0.3) is 10.3 Å². The van der Waals surface area contributed by atoms with E-state index in [4.69, 9.17) is 4.74 Å². The number of halogens is 3. The van der Waals surface area contributed by atoms with E-state index in [1.54, 1.807) is 45.1 Å². The summed E-state index contributed by atoms with van der Waals surface area (Å²) in [4.78, 5) is 25.7. The molecule has 0 bridgehead atoms. The van der Waals surface area contributed by atoms with Crippen molar-refractivity contribution in [1.29, 1.82) is 0 Å². The average Bonchev–Trinajstić information content (AvgIpc) is 3.42. The van der Waals surface area contributed by atoms with Crippen LogP contribution in [0.2, 0.25) is 0 Å². The number of piperidine rings is 1. The van der Waals surface area contributed by atoms with E-state index in [0.717, 1.165) is 57.8 Å². The second-order valence-electron chi connectivity index (χ2n) is 12.3. The monoisotopic (exact) mass is 749 g/mol. The van der Waals surface area contributed by atoms with Crippen molar-refractivity contribution in [2.45, 2.75) is 31.7 Å². The molecule has 2 aliphatic heterocycles. The number of fused-ring (bicyclic) bond motifs is 1. The predicted molar refractivity (Wildman–Crippen MR) is 190 cm³/mol. The number of likely N-dealkylation sites (N-methyl/N-ethyl adjacent to an activating group) is 1. The van der Waals surface area contributed by atoms with Gasteiger partial charge >= 0.3 is 0 Å². The Kier molecular flexibility index (Phi) is 10.3. The summed E-state index contributed by atoms with van der Waals surface area (Å²) in [7, 11) is 0.973. The van der Waals surface area contributed by atoms with Crippen LogP contribution in [-0.4, -0.2) is 109 Å². The number of rotatable bonds is 10. The molecule has 0 spiro atoms. The Labute approximate surface area is 285 Å². The minimum Gasteiger partial charge on any atom is -0.494 e. The molecule has 2 saturated heterocycles. The Morgan fingerprint density at radius 3 is 2.47 bits per heavy atom. The van der Waals surface area contributed by atoms with Crippen LogP contribution in [-0.2, 0) is 11.0 Å². The van der Waals surface area contributed by atoms with Crippen molar-refractivity contribution in [1.82, 2.24) is 29.7 Å². The van der Waals surface area contributed by atoms with Gasteiger partial charge in [-0.25, -0.2) is 18.7 Å². The van der Waals surface area contributed by atoms with Crippen molar-refractivity contribution in [3.8, 4) is 5.75 Å². The van der Waals surface area contributed by atoms with Gasteiger partial charge in [0.05, 0.1) is 22.6 Å². The summed E-state index contributed by atoms with van der Waals surface area (Å²) in [5, 5.41) is 7.71. The summed E-state index contributed by atoms with van der Waals surface area (Å²) in [6.07, 6.45) is 3.85. The molecule has 5 heterocycles. The van der Waals surface area contributed by atoms with Gasteiger partial charge in [-0.15, -0.1) is 0 Å². The lowest BCUT2D eigenvalue weighted by Gasteiger charge is -2.43. The second-order valence-corrected chi connectivity index (χ2v) is 17.3. The Morgan fingerprint density at radius 1 is 1.06 bits per heavy atom. The zero-order valence-corrected chi connectivity index (χ0v) is 30.1. The molecule has 0 radical (unpaired) electrons. The van der Waals surface area contributed by atoms with Crippen LogP contribution in [0.4, 0.5) is 36.9 Å². The van der Waals surface area contributed by atoms with Crippen LogP contribution in [0.5, 0.6) is 5.75 Å². The van der Waals surface area contributed by atoms with Crippen molar-refractivity contribution in [2.24, 2.45) is 0 Å². The van der Waals surface area contributed by atoms with Gasteiger partial charge in [0.25, 0.3) is 0 Å². The van der Waals surface area contributed by atoms with Crippen LogP contribution in [0.3, 0.4) is 0 Å². The maximum atomic E-state index is 13.9. The van der Waals surface area contributed by atoms with Crippen LogP contribution in [0.15, 0.2) is 35.2 Å². The number of anilines is 5. The summed E-state index contributed by atoms with van der Waals surface area (Å²) in [5.74, 6) is 1.16. The highest BCUT2D eigenvalue weighted by Crippen LogP contribution is 2.45. The number of hydrogen-bond donors (Lipinski definition) is 2. The molecule has 16 heteroatoms. The van der Waals surface area contributed by atoms with Crippen molar-refractivity contribution >= 4 is 78.2 Å². The zero-order chi connectivity index (χ0) is 33.3. The Balaban J connectivity index is 1.25. The number of hydrogen-bond acceptors (Lipinski definition) is 12. The molecule has 0 aliphatic carbocycles. The number of nitrogens with zero attached hydrogens (tertiary/aromatic N) is 7. The van der Waals surface area contributed by atoms with Crippen LogP contribution < -0.4 is 25.6 Å². The maximum Gasteiger partial charge on any atom is 0.242 e. The average molecular weight is 751 g/mol. The molecule has 11 nitrogen and oxygen atoms in total. The molecule has 3 aromatic heterocycles. The van der Waals surface area contributed by atoms with Gasteiger partial charge in [-0.3, -0.25) is 9.88 Å². The molecule has 2 N–H and O–H groups in total. The molecule has 6 rings (SSSR count). The lowest BCUT2D eigenvalue weighted by molar-refractivity contribution is 0.0981. The first-order valence-electron chi connectivity index (χ1n) is 15.5. The highest BCUT2D eigenvalue weighted by molar-refractivity contribution is 9.10. The number of nitrogens with one attached hydrogen (secondary N) is 2. The molecule has 1 aromatic carbocycles. The van der Waals surface area contributed by atoms with Crippen LogP contribution in [0, 0.1) is 0 Å². The topological polar surface area (TPSA) is 112 Å². The van der Waals surface area contributed by atoms with Crippen molar-refractivity contribution in [2.75, 3.05) is 82.3 Å². The number of methoxy groups -OCH3 is 1. The minimum atomic E-state index is -2.74. The van der Waals surface area contributed by atoms with E-state index in [9.17, 15) is 13.3 Å². The molecule has 0 saturated carbocycles. The lowest BCUT2D eigenvalue weighted by atomic mass is 9.99. The van der Waals surface area contributed by atoms with Crippen LogP contribution >= 0.6 is 34.4 Å². The lowest BCUT2D eigenvalue weighted by Crippen LogP contribution is -2.52. The summed E-state index contributed by atoms with van der Waals surface area (Å²) in [6, 6.07) is 4.08. The second kappa shape index (κ2) is 14.3. The van der Waals surface area contributed by atoms with Gasteiger partial charge in [-0.05, 0) is 60.8 Å². The third kappa shape index (κ3) is 7.69. The summed E-state index contributed by atoms with van der Waals surface area (Å²) in [5.41, 5.74) is 2.38. The molecule has 0 amide bonds. The van der Waals surface area contributed by atoms with Gasteiger partial charge in [0, 0.05) is 82.1 Å². The third-order valence-electron chi connectivity index (χ3n) is 8.70. The minimum absolute atomic E-state index is 0.229. The molecule has 0 atom stereocenters. The first-order valence-corrected chi connectivity index (χ1v) is 19.7. The number of piperazine rings is 1. The largest absolute Gasteiger partial charge is 0.494 e. The fraction of sp³-hybridized carbons (Fsp3) is 0.484. The summed E-state index contributed by atoms with van der Waals surface area (Å²) < 4.78 is 47.4. The van der Waals surface area contributed by atoms with E-state index in [0.29, 0.717) is 54.0 Å². The smallest absolute Gasteiger partial charge is 0.242 e. The zero-order valence-electron chi connectivity index (χ0n) is 26.8. The number of aromatic nitrogens is 4. The van der Waals surface area contributed by atoms with E-state index in [1.165, 1.54) is 11.3 Å². The molecular weight excluding hydrogens is 711 g/mol. The highest BCUT2D eigenvalue weighted by atomic mass is 79.9. The SMILES string of the molecule is COc1cc(N2CCC(N3CCN(C)CC3)CC2)c(CC(F)F)cc1Nc1ncc(Br)c(Nc2sc3nccnc3c2P(C)(C)=O)n1. The number of benzene rings is 1. The first kappa shape index (κ1) is 33.9. The highest BCUT2D eigenvalue weighted by Gasteiger charge is 2.29. The molecular formula is C31H39BrF2N9O2PS.